The third-order valence-corrected chi connectivity index (χ3v) is 6.61. The monoisotopic (exact) mass is 476 g/mol. The van der Waals surface area contributed by atoms with Gasteiger partial charge in [-0.15, -0.1) is 0 Å². The van der Waals surface area contributed by atoms with Crippen LogP contribution in [0.3, 0.4) is 0 Å². The second-order valence-electron chi connectivity index (χ2n) is 9.18. The molecule has 180 valence electrons. The van der Waals surface area contributed by atoms with Crippen LogP contribution in [0.5, 0.6) is 5.75 Å². The molecule has 0 saturated carbocycles. The second kappa shape index (κ2) is 9.79. The van der Waals surface area contributed by atoms with Crippen LogP contribution in [0.25, 0.3) is 28.2 Å². The Balaban J connectivity index is 1.36. The lowest BCUT2D eigenvalue weighted by Crippen LogP contribution is -2.18. The first-order chi connectivity index (χ1) is 17.7. The van der Waals surface area contributed by atoms with E-state index in [1.165, 1.54) is 24.7 Å². The number of aromatic nitrogens is 4. The van der Waals surface area contributed by atoms with Crippen LogP contribution in [0.15, 0.2) is 85.2 Å². The lowest BCUT2D eigenvalue weighted by molar-refractivity contribution is 0.306. The van der Waals surface area contributed by atoms with Crippen LogP contribution in [0.4, 0.5) is 5.82 Å². The molecule has 0 radical (unpaired) electrons. The summed E-state index contributed by atoms with van der Waals surface area (Å²) in [5.41, 5.74) is 12.1. The number of nitrogens with two attached hydrogens (primary N) is 1. The highest BCUT2D eigenvalue weighted by Gasteiger charge is 2.19. The Bertz CT molecular complexity index is 1490. The van der Waals surface area contributed by atoms with E-state index < -0.39 is 0 Å². The molecule has 3 aromatic carbocycles. The van der Waals surface area contributed by atoms with Gasteiger partial charge in [-0.3, -0.25) is 4.90 Å². The number of anilines is 1. The minimum atomic E-state index is 0.391. The van der Waals surface area contributed by atoms with Crippen LogP contribution < -0.4 is 10.5 Å². The summed E-state index contributed by atoms with van der Waals surface area (Å²) in [6.45, 7) is 3.76. The van der Waals surface area contributed by atoms with Gasteiger partial charge < -0.3 is 10.5 Å². The highest BCUT2D eigenvalue weighted by atomic mass is 16.5. The molecule has 36 heavy (non-hydrogen) atoms. The number of nitrogens with zero attached hydrogens (tertiary/aromatic N) is 5. The predicted octanol–water partition coefficient (Wildman–Crippen LogP) is 5.22. The number of fused-ring (bicyclic) bond motifs is 1. The van der Waals surface area contributed by atoms with Crippen molar-refractivity contribution in [2.24, 2.45) is 0 Å². The Hall–Kier alpha value is -4.23. The maximum absolute atomic E-state index is 6.35. The highest BCUT2D eigenvalue weighted by molar-refractivity contribution is 5.87. The van der Waals surface area contributed by atoms with Crippen LogP contribution in [0.1, 0.15) is 24.0 Å². The summed E-state index contributed by atoms with van der Waals surface area (Å²) in [6.07, 6.45) is 4.03. The molecule has 1 aliphatic heterocycles. The van der Waals surface area contributed by atoms with E-state index in [9.17, 15) is 0 Å². The summed E-state index contributed by atoms with van der Waals surface area (Å²) < 4.78 is 7.86. The van der Waals surface area contributed by atoms with Crippen molar-refractivity contribution in [1.82, 2.24) is 24.5 Å². The van der Waals surface area contributed by atoms with E-state index in [0.717, 1.165) is 53.6 Å². The van der Waals surface area contributed by atoms with Crippen molar-refractivity contribution in [3.63, 3.8) is 0 Å². The van der Waals surface area contributed by atoms with Crippen molar-refractivity contribution < 1.29 is 4.74 Å². The van der Waals surface area contributed by atoms with E-state index in [2.05, 4.69) is 51.4 Å². The molecule has 1 saturated heterocycles. The summed E-state index contributed by atoms with van der Waals surface area (Å²) in [7, 11) is 0. The van der Waals surface area contributed by atoms with Crippen molar-refractivity contribution in [2.45, 2.75) is 26.0 Å². The lowest BCUT2D eigenvalue weighted by Gasteiger charge is -2.14. The van der Waals surface area contributed by atoms with Gasteiger partial charge in [-0.05, 0) is 55.3 Å². The van der Waals surface area contributed by atoms with E-state index >= 15 is 0 Å². The van der Waals surface area contributed by atoms with Gasteiger partial charge in [0, 0.05) is 17.7 Å². The number of imidazole rings is 1. The van der Waals surface area contributed by atoms with Gasteiger partial charge in [0.2, 0.25) is 0 Å². The Kier molecular flexibility index (Phi) is 6.05. The largest absolute Gasteiger partial charge is 0.489 e. The average molecular weight is 477 g/mol. The van der Waals surface area contributed by atoms with E-state index in [-0.39, 0.29) is 0 Å². The molecule has 5 aromatic rings. The maximum atomic E-state index is 6.35. The fraction of sp³-hybridized carbons (Fsp3) is 0.207. The van der Waals surface area contributed by atoms with Gasteiger partial charge in [-0.2, -0.15) is 5.10 Å². The molecule has 0 unspecified atom stereocenters. The van der Waals surface area contributed by atoms with Crippen molar-refractivity contribution >= 4 is 11.3 Å². The van der Waals surface area contributed by atoms with E-state index in [4.69, 9.17) is 15.5 Å². The minimum Gasteiger partial charge on any atom is -0.489 e. The van der Waals surface area contributed by atoms with Crippen molar-refractivity contribution in [3.8, 4) is 28.4 Å². The summed E-state index contributed by atoms with van der Waals surface area (Å²) in [4.78, 5) is 11.8. The highest BCUT2D eigenvalue weighted by Crippen LogP contribution is 2.33. The molecule has 2 aromatic heterocycles. The fourth-order valence-corrected chi connectivity index (χ4v) is 4.83. The molecule has 7 heteroatoms. The van der Waals surface area contributed by atoms with Crippen molar-refractivity contribution in [1.29, 1.82) is 0 Å². The number of rotatable bonds is 7. The zero-order chi connectivity index (χ0) is 24.3. The molecular formula is C29H28N6O. The second-order valence-corrected chi connectivity index (χ2v) is 9.18. The Morgan fingerprint density at radius 2 is 1.61 bits per heavy atom. The first-order valence-corrected chi connectivity index (χ1v) is 12.3. The zero-order valence-electron chi connectivity index (χ0n) is 20.0. The van der Waals surface area contributed by atoms with Gasteiger partial charge in [-0.1, -0.05) is 60.7 Å². The van der Waals surface area contributed by atoms with Crippen LogP contribution in [0.2, 0.25) is 0 Å². The SMILES string of the molecule is Nc1ncnn2c(-c3cccc(CN4CCCC4)c3)nc(-c3cccc(OCc4ccccc4)c3)c12. The van der Waals surface area contributed by atoms with Crippen molar-refractivity contribution in [3.05, 3.63) is 96.3 Å². The summed E-state index contributed by atoms with van der Waals surface area (Å²) >= 11 is 0. The summed E-state index contributed by atoms with van der Waals surface area (Å²) in [5, 5.41) is 4.52. The van der Waals surface area contributed by atoms with Gasteiger partial charge in [-0.25, -0.2) is 14.5 Å². The normalized spacial score (nSPS) is 13.9. The van der Waals surface area contributed by atoms with Gasteiger partial charge in [0.05, 0.1) is 0 Å². The van der Waals surface area contributed by atoms with Crippen molar-refractivity contribution in [2.75, 3.05) is 18.8 Å². The maximum Gasteiger partial charge on any atom is 0.162 e. The molecule has 0 amide bonds. The standard InChI is InChI=1S/C29H28N6O/c30-28-27-26(23-11-7-13-25(17-23)36-19-21-8-2-1-3-9-21)33-29(35(27)32-20-31-28)24-12-6-10-22(16-24)18-34-14-4-5-15-34/h1-3,6-13,16-17,20H,4-5,14-15,18-19H2,(H2,30,31,32). The van der Waals surface area contributed by atoms with Crippen LogP contribution in [-0.2, 0) is 13.2 Å². The van der Waals surface area contributed by atoms with E-state index in [1.54, 1.807) is 4.52 Å². The molecule has 2 N–H and O–H groups in total. The van der Waals surface area contributed by atoms with Crippen LogP contribution >= 0.6 is 0 Å². The predicted molar refractivity (Wildman–Crippen MR) is 141 cm³/mol. The molecular weight excluding hydrogens is 448 g/mol. The molecule has 1 fully saturated rings. The third kappa shape index (κ3) is 4.53. The molecule has 0 bridgehead atoms. The topological polar surface area (TPSA) is 81.6 Å². The summed E-state index contributed by atoms with van der Waals surface area (Å²) in [6, 6.07) is 26.6. The quantitative estimate of drug-likeness (QED) is 0.347. The number of hydrogen-bond acceptors (Lipinski definition) is 6. The first kappa shape index (κ1) is 22.2. The number of benzene rings is 3. The Morgan fingerprint density at radius 1 is 0.833 bits per heavy atom. The molecule has 0 atom stereocenters. The number of hydrogen-bond donors (Lipinski definition) is 1. The number of ether oxygens (including phenoxy) is 1. The number of nitrogen functional groups attached to an aromatic ring is 1. The Morgan fingerprint density at radius 3 is 2.47 bits per heavy atom. The smallest absolute Gasteiger partial charge is 0.162 e. The molecule has 7 nitrogen and oxygen atoms in total. The summed E-state index contributed by atoms with van der Waals surface area (Å²) in [5.74, 6) is 1.90. The fourth-order valence-electron chi connectivity index (χ4n) is 4.83. The van der Waals surface area contributed by atoms with Gasteiger partial charge in [0.1, 0.15) is 29.9 Å². The first-order valence-electron chi connectivity index (χ1n) is 12.3. The number of likely N-dealkylation sites (tertiary alicyclic amines) is 1. The average Bonchev–Trinajstić information content (AvgIpc) is 3.57. The van der Waals surface area contributed by atoms with E-state index in [1.807, 2.05) is 42.5 Å². The molecule has 1 aliphatic rings. The molecule has 0 spiro atoms. The Labute approximate surface area is 210 Å². The molecule has 6 rings (SSSR count). The van der Waals surface area contributed by atoms with Crippen LogP contribution in [-0.4, -0.2) is 37.6 Å². The van der Waals surface area contributed by atoms with E-state index in [0.29, 0.717) is 17.9 Å². The van der Waals surface area contributed by atoms with Gasteiger partial charge in [0.15, 0.2) is 11.6 Å². The van der Waals surface area contributed by atoms with Gasteiger partial charge in [0.25, 0.3) is 0 Å². The zero-order valence-corrected chi connectivity index (χ0v) is 20.0. The molecule has 0 aliphatic carbocycles. The minimum absolute atomic E-state index is 0.391. The third-order valence-electron chi connectivity index (χ3n) is 6.61. The van der Waals surface area contributed by atoms with Crippen LogP contribution in [0, 0.1) is 0 Å². The molecule has 3 heterocycles. The van der Waals surface area contributed by atoms with Gasteiger partial charge >= 0.3 is 0 Å². The lowest BCUT2D eigenvalue weighted by atomic mass is 10.1.